The molecule has 6 heteroatoms. The monoisotopic (exact) mass is 457 g/mol. The van der Waals surface area contributed by atoms with Crippen LogP contribution in [0.4, 0.5) is 5.69 Å². The van der Waals surface area contributed by atoms with Crippen molar-refractivity contribution in [1.82, 2.24) is 5.43 Å². The van der Waals surface area contributed by atoms with Crippen molar-refractivity contribution in [2.24, 2.45) is 5.10 Å². The van der Waals surface area contributed by atoms with Crippen LogP contribution < -0.4 is 19.8 Å². The molecule has 1 amide bonds. The summed E-state index contributed by atoms with van der Waals surface area (Å²) in [5, 5.41) is 6.18. The van der Waals surface area contributed by atoms with Crippen LogP contribution in [0.15, 0.2) is 65.8 Å². The third-order valence-corrected chi connectivity index (χ3v) is 6.15. The fourth-order valence-electron chi connectivity index (χ4n) is 4.65. The first-order valence-electron chi connectivity index (χ1n) is 11.5. The molecule has 0 saturated carbocycles. The Labute approximate surface area is 200 Å². The third-order valence-electron chi connectivity index (χ3n) is 6.15. The Morgan fingerprint density at radius 3 is 2.65 bits per heavy atom. The van der Waals surface area contributed by atoms with Gasteiger partial charge in [-0.1, -0.05) is 42.5 Å². The van der Waals surface area contributed by atoms with Crippen LogP contribution in [0.3, 0.4) is 0 Å². The first-order valence-corrected chi connectivity index (χ1v) is 11.5. The van der Waals surface area contributed by atoms with E-state index in [-0.39, 0.29) is 18.1 Å². The van der Waals surface area contributed by atoms with Gasteiger partial charge in [0.1, 0.15) is 11.5 Å². The summed E-state index contributed by atoms with van der Waals surface area (Å²) in [4.78, 5) is 14.7. The molecule has 0 aromatic heterocycles. The number of anilines is 1. The lowest BCUT2D eigenvalue weighted by Gasteiger charge is -2.43. The van der Waals surface area contributed by atoms with Crippen LogP contribution in [0.1, 0.15) is 38.8 Å². The van der Waals surface area contributed by atoms with E-state index in [2.05, 4.69) is 55.3 Å². The predicted molar refractivity (Wildman–Crippen MR) is 139 cm³/mol. The van der Waals surface area contributed by atoms with Gasteiger partial charge in [-0.15, -0.1) is 0 Å². The van der Waals surface area contributed by atoms with Crippen molar-refractivity contribution in [2.45, 2.75) is 33.2 Å². The molecule has 34 heavy (non-hydrogen) atoms. The Hall–Kier alpha value is -3.80. The van der Waals surface area contributed by atoms with Gasteiger partial charge >= 0.3 is 0 Å². The van der Waals surface area contributed by atoms with E-state index >= 15 is 0 Å². The summed E-state index contributed by atoms with van der Waals surface area (Å²) in [5.74, 6) is 1.03. The molecule has 0 bridgehead atoms. The normalized spacial score (nSPS) is 14.6. The van der Waals surface area contributed by atoms with Crippen LogP contribution in [-0.4, -0.2) is 37.9 Å². The number of likely N-dealkylation sites (N-methyl/N-ethyl adjacent to an activating group) is 1. The van der Waals surface area contributed by atoms with Gasteiger partial charge < -0.3 is 14.4 Å². The van der Waals surface area contributed by atoms with Crippen molar-refractivity contribution in [1.29, 1.82) is 0 Å². The van der Waals surface area contributed by atoms with Gasteiger partial charge in [-0.05, 0) is 50.8 Å². The topological polar surface area (TPSA) is 63.2 Å². The maximum Gasteiger partial charge on any atom is 0.277 e. The summed E-state index contributed by atoms with van der Waals surface area (Å²) < 4.78 is 11.4. The highest BCUT2D eigenvalue weighted by atomic mass is 16.5. The Morgan fingerprint density at radius 1 is 1.12 bits per heavy atom. The van der Waals surface area contributed by atoms with Gasteiger partial charge in [0.05, 0.1) is 18.9 Å². The fraction of sp³-hybridized carbons (Fsp3) is 0.286. The van der Waals surface area contributed by atoms with E-state index in [0.29, 0.717) is 11.5 Å². The highest BCUT2D eigenvalue weighted by Crippen LogP contribution is 2.41. The summed E-state index contributed by atoms with van der Waals surface area (Å²) in [6.45, 7) is 9.44. The van der Waals surface area contributed by atoms with Crippen molar-refractivity contribution < 1.29 is 14.3 Å². The molecule has 1 aliphatic heterocycles. The van der Waals surface area contributed by atoms with Crippen molar-refractivity contribution in [2.75, 3.05) is 25.2 Å². The number of ether oxygens (including phenoxy) is 2. The van der Waals surface area contributed by atoms with Gasteiger partial charge in [0, 0.05) is 34.8 Å². The van der Waals surface area contributed by atoms with Crippen molar-refractivity contribution in [3.05, 3.63) is 71.8 Å². The molecule has 0 aliphatic carbocycles. The summed E-state index contributed by atoms with van der Waals surface area (Å²) in [6.07, 6.45) is 3.89. The van der Waals surface area contributed by atoms with Gasteiger partial charge in [-0.2, -0.15) is 5.10 Å². The van der Waals surface area contributed by atoms with E-state index in [9.17, 15) is 4.79 Å². The Morgan fingerprint density at radius 2 is 1.88 bits per heavy atom. The molecule has 4 rings (SSSR count). The minimum Gasteiger partial charge on any atom is -0.496 e. The van der Waals surface area contributed by atoms with E-state index < -0.39 is 0 Å². The summed E-state index contributed by atoms with van der Waals surface area (Å²) in [5.41, 5.74) is 6.73. The molecule has 0 radical (unpaired) electrons. The maximum atomic E-state index is 12.3. The van der Waals surface area contributed by atoms with Crippen molar-refractivity contribution in [3.63, 3.8) is 0 Å². The van der Waals surface area contributed by atoms with Gasteiger partial charge in [0.2, 0.25) is 0 Å². The largest absolute Gasteiger partial charge is 0.496 e. The van der Waals surface area contributed by atoms with Gasteiger partial charge in [0.15, 0.2) is 6.61 Å². The highest BCUT2D eigenvalue weighted by Gasteiger charge is 2.31. The smallest absolute Gasteiger partial charge is 0.277 e. The quantitative estimate of drug-likeness (QED) is 0.381. The lowest BCUT2D eigenvalue weighted by molar-refractivity contribution is -0.123. The number of carbonyl (C=O) groups excluding carboxylic acids is 1. The number of allylic oxidation sites excluding steroid dienone is 1. The average molecular weight is 458 g/mol. The second-order valence-electron chi connectivity index (χ2n) is 8.90. The lowest BCUT2D eigenvalue weighted by atomic mass is 9.88. The van der Waals surface area contributed by atoms with Gasteiger partial charge in [0.25, 0.3) is 5.91 Å². The minimum absolute atomic E-state index is 0.0789. The minimum atomic E-state index is -0.337. The van der Waals surface area contributed by atoms with Crippen molar-refractivity contribution in [3.8, 4) is 11.5 Å². The molecular formula is C28H31N3O3. The van der Waals surface area contributed by atoms with Crippen molar-refractivity contribution >= 4 is 34.2 Å². The third kappa shape index (κ3) is 4.62. The van der Waals surface area contributed by atoms with Crippen LogP contribution >= 0.6 is 0 Å². The van der Waals surface area contributed by atoms with E-state index in [4.69, 9.17) is 9.47 Å². The van der Waals surface area contributed by atoms with Crippen LogP contribution in [0, 0.1) is 0 Å². The molecule has 0 spiro atoms. The van der Waals surface area contributed by atoms with E-state index in [1.807, 2.05) is 48.5 Å². The first-order chi connectivity index (χ1) is 16.3. The SMILES string of the molecule is CCN1c2cc(OC)c(/C=N/NC(=O)COc3cccc4ccccc34)cc2C(C)=CC1(C)C. The number of nitrogens with zero attached hydrogens (tertiary/aromatic N) is 2. The van der Waals surface area contributed by atoms with Crippen LogP contribution in [-0.2, 0) is 4.79 Å². The number of nitrogens with one attached hydrogen (secondary N) is 1. The Balaban J connectivity index is 1.47. The number of methoxy groups -OCH3 is 1. The highest BCUT2D eigenvalue weighted by molar-refractivity contribution is 5.92. The molecule has 0 atom stereocenters. The zero-order valence-corrected chi connectivity index (χ0v) is 20.4. The number of amides is 1. The molecule has 1 heterocycles. The number of rotatable bonds is 7. The predicted octanol–water partition coefficient (Wildman–Crippen LogP) is 5.40. The zero-order valence-electron chi connectivity index (χ0n) is 20.4. The van der Waals surface area contributed by atoms with Crippen LogP contribution in [0.2, 0.25) is 0 Å². The zero-order chi connectivity index (χ0) is 24.3. The molecule has 1 aliphatic rings. The number of hydrogen-bond acceptors (Lipinski definition) is 5. The molecule has 3 aromatic carbocycles. The Kier molecular flexibility index (Phi) is 6.59. The number of hydrazone groups is 1. The summed E-state index contributed by atoms with van der Waals surface area (Å²) in [6, 6.07) is 17.8. The average Bonchev–Trinajstić information content (AvgIpc) is 2.82. The maximum absolute atomic E-state index is 12.3. The van der Waals surface area contributed by atoms with Crippen LogP contribution in [0.5, 0.6) is 11.5 Å². The number of hydrogen-bond donors (Lipinski definition) is 1. The number of benzene rings is 3. The number of fused-ring (bicyclic) bond motifs is 2. The van der Waals surface area contributed by atoms with E-state index in [1.165, 1.54) is 5.57 Å². The summed E-state index contributed by atoms with van der Waals surface area (Å²) >= 11 is 0. The van der Waals surface area contributed by atoms with E-state index in [0.717, 1.165) is 34.1 Å². The van der Waals surface area contributed by atoms with Gasteiger partial charge in [-0.25, -0.2) is 5.43 Å². The standard InChI is InChI=1S/C28H31N3O3/c1-6-31-24-15-26(33-5)21(14-23(24)19(2)16-28(31,3)4)17-29-30-27(32)18-34-25-13-9-11-20-10-7-8-12-22(20)25/h7-17H,6,18H2,1-5H3,(H,30,32)/b29-17+. The molecule has 176 valence electrons. The summed E-state index contributed by atoms with van der Waals surface area (Å²) in [7, 11) is 1.64. The lowest BCUT2D eigenvalue weighted by Crippen LogP contribution is -2.44. The second-order valence-corrected chi connectivity index (χ2v) is 8.90. The molecule has 0 unspecified atom stereocenters. The molecular weight excluding hydrogens is 426 g/mol. The van der Waals surface area contributed by atoms with Crippen LogP contribution in [0.25, 0.3) is 16.3 Å². The first kappa shape index (κ1) is 23.4. The fourth-order valence-corrected chi connectivity index (χ4v) is 4.65. The second kappa shape index (κ2) is 9.59. The number of carbonyl (C=O) groups is 1. The Bertz CT molecular complexity index is 1270. The van der Waals surface area contributed by atoms with E-state index in [1.54, 1.807) is 13.3 Å². The molecule has 0 fully saturated rings. The molecule has 0 saturated heterocycles. The van der Waals surface area contributed by atoms with Gasteiger partial charge in [-0.3, -0.25) is 4.79 Å². The molecule has 3 aromatic rings. The molecule has 1 N–H and O–H groups in total. The molecule has 6 nitrogen and oxygen atoms in total.